The third kappa shape index (κ3) is 54.8. The molecule has 8 nitrogen and oxygen atoms in total. The van der Waals surface area contributed by atoms with Crippen LogP contribution in [0.2, 0.25) is 0 Å². The number of aliphatic hydroxyl groups excluding tert-OH is 1. The van der Waals surface area contributed by atoms with Gasteiger partial charge in [-0.1, -0.05) is 302 Å². The number of carbonyl (C=O) groups excluding carboxylic acids is 1. The van der Waals surface area contributed by atoms with Crippen molar-refractivity contribution in [1.29, 1.82) is 0 Å². The number of allylic oxidation sites excluding steroid dienone is 1. The predicted molar refractivity (Wildman–Crippen MR) is 300 cm³/mol. The molecule has 0 saturated carbocycles. The minimum absolute atomic E-state index is 0.0648. The lowest BCUT2D eigenvalue weighted by molar-refractivity contribution is -0.870. The first kappa shape index (κ1) is 68.2. The first-order valence-electron chi connectivity index (χ1n) is 30.6. The van der Waals surface area contributed by atoms with E-state index in [1.165, 1.54) is 257 Å². The largest absolute Gasteiger partial charge is 0.472 e. The molecule has 412 valence electrons. The number of phosphoric acid groups is 1. The second kappa shape index (κ2) is 52.1. The lowest BCUT2D eigenvalue weighted by Gasteiger charge is -2.25. The van der Waals surface area contributed by atoms with E-state index >= 15 is 0 Å². The lowest BCUT2D eigenvalue weighted by Crippen LogP contribution is -2.45. The fourth-order valence-electron chi connectivity index (χ4n) is 9.46. The second-order valence-corrected chi connectivity index (χ2v) is 23.9. The Morgan fingerprint density at radius 1 is 0.478 bits per heavy atom. The highest BCUT2D eigenvalue weighted by atomic mass is 31.2. The molecule has 0 bridgehead atoms. The number of quaternary nitrogens is 1. The molecular weight excluding hydrogens is 876 g/mol. The van der Waals surface area contributed by atoms with Crippen molar-refractivity contribution < 1.29 is 32.9 Å². The van der Waals surface area contributed by atoms with Gasteiger partial charge in [-0.3, -0.25) is 13.8 Å². The Morgan fingerprint density at radius 2 is 0.768 bits per heavy atom. The van der Waals surface area contributed by atoms with E-state index in [4.69, 9.17) is 9.05 Å². The van der Waals surface area contributed by atoms with Gasteiger partial charge in [-0.15, -0.1) is 0 Å². The second-order valence-electron chi connectivity index (χ2n) is 22.4. The van der Waals surface area contributed by atoms with Crippen LogP contribution in [-0.2, 0) is 18.4 Å². The Labute approximate surface area is 431 Å². The highest BCUT2D eigenvalue weighted by molar-refractivity contribution is 7.47. The van der Waals surface area contributed by atoms with E-state index in [0.29, 0.717) is 17.4 Å². The van der Waals surface area contributed by atoms with E-state index in [9.17, 15) is 19.4 Å². The molecule has 1 amide bonds. The van der Waals surface area contributed by atoms with Gasteiger partial charge in [-0.2, -0.15) is 0 Å². The van der Waals surface area contributed by atoms with Crippen molar-refractivity contribution >= 4 is 13.7 Å². The van der Waals surface area contributed by atoms with Gasteiger partial charge in [0.1, 0.15) is 13.2 Å². The Morgan fingerprint density at radius 3 is 1.07 bits per heavy atom. The molecule has 0 aromatic heterocycles. The van der Waals surface area contributed by atoms with Crippen LogP contribution in [0.4, 0.5) is 0 Å². The zero-order valence-corrected chi connectivity index (χ0v) is 48.0. The zero-order chi connectivity index (χ0) is 50.6. The van der Waals surface area contributed by atoms with Crippen LogP contribution in [0.5, 0.6) is 0 Å². The number of unbranched alkanes of at least 4 members (excludes halogenated alkanes) is 44. The van der Waals surface area contributed by atoms with Crippen LogP contribution in [0.15, 0.2) is 12.2 Å². The topological polar surface area (TPSA) is 105 Å². The van der Waals surface area contributed by atoms with Crippen molar-refractivity contribution in [2.75, 3.05) is 40.9 Å². The maximum atomic E-state index is 13.0. The average Bonchev–Trinajstić information content (AvgIpc) is 3.31. The monoisotopic (exact) mass is 998 g/mol. The summed E-state index contributed by atoms with van der Waals surface area (Å²) >= 11 is 0. The van der Waals surface area contributed by atoms with Gasteiger partial charge in [-0.05, 0) is 19.3 Å². The van der Waals surface area contributed by atoms with Crippen LogP contribution in [0.3, 0.4) is 0 Å². The molecule has 0 aliphatic heterocycles. The summed E-state index contributed by atoms with van der Waals surface area (Å²) in [5.74, 6) is -0.171. The van der Waals surface area contributed by atoms with Crippen LogP contribution >= 0.6 is 7.82 Å². The van der Waals surface area contributed by atoms with Crippen molar-refractivity contribution in [3.63, 3.8) is 0 Å². The van der Waals surface area contributed by atoms with Gasteiger partial charge in [0.05, 0.1) is 39.9 Å². The molecule has 0 radical (unpaired) electrons. The number of phosphoric ester groups is 1. The molecule has 0 saturated heterocycles. The number of rotatable bonds is 57. The number of hydrogen-bond acceptors (Lipinski definition) is 5. The summed E-state index contributed by atoms with van der Waals surface area (Å²) in [4.78, 5) is 23.2. The third-order valence-electron chi connectivity index (χ3n) is 14.3. The van der Waals surface area contributed by atoms with E-state index in [-0.39, 0.29) is 19.1 Å². The van der Waals surface area contributed by atoms with Crippen molar-refractivity contribution in [2.45, 2.75) is 328 Å². The van der Waals surface area contributed by atoms with Crippen LogP contribution in [0.1, 0.15) is 316 Å². The number of carbonyl (C=O) groups is 1. The van der Waals surface area contributed by atoms with Gasteiger partial charge in [0.25, 0.3) is 0 Å². The van der Waals surface area contributed by atoms with Gasteiger partial charge in [0.15, 0.2) is 0 Å². The van der Waals surface area contributed by atoms with Gasteiger partial charge >= 0.3 is 7.82 Å². The van der Waals surface area contributed by atoms with Crippen LogP contribution in [0, 0.1) is 0 Å². The van der Waals surface area contributed by atoms with Gasteiger partial charge in [0.2, 0.25) is 5.91 Å². The number of nitrogens with zero attached hydrogens (tertiary/aromatic N) is 1. The third-order valence-corrected chi connectivity index (χ3v) is 15.2. The average molecular weight is 999 g/mol. The molecule has 3 unspecified atom stereocenters. The highest BCUT2D eigenvalue weighted by Gasteiger charge is 2.27. The lowest BCUT2D eigenvalue weighted by atomic mass is 10.0. The molecule has 69 heavy (non-hydrogen) atoms. The van der Waals surface area contributed by atoms with E-state index in [1.54, 1.807) is 6.08 Å². The van der Waals surface area contributed by atoms with Gasteiger partial charge < -0.3 is 19.8 Å². The summed E-state index contributed by atoms with van der Waals surface area (Å²) < 4.78 is 23.7. The molecule has 0 aliphatic carbocycles. The summed E-state index contributed by atoms with van der Waals surface area (Å²) in [6, 6.07) is -0.841. The molecule has 0 aromatic carbocycles. The molecule has 0 heterocycles. The highest BCUT2D eigenvalue weighted by Crippen LogP contribution is 2.43. The Balaban J connectivity index is 3.88. The fraction of sp³-hybridized carbons (Fsp3) is 0.950. The first-order chi connectivity index (χ1) is 33.5. The van der Waals surface area contributed by atoms with E-state index in [0.717, 1.165) is 38.5 Å². The van der Waals surface area contributed by atoms with Gasteiger partial charge in [0, 0.05) is 6.42 Å². The van der Waals surface area contributed by atoms with Crippen LogP contribution < -0.4 is 5.32 Å². The van der Waals surface area contributed by atoms with Crippen molar-refractivity contribution in [3.05, 3.63) is 12.2 Å². The van der Waals surface area contributed by atoms with Crippen molar-refractivity contribution in [2.24, 2.45) is 0 Å². The number of hydrogen-bond donors (Lipinski definition) is 3. The molecule has 0 aromatic rings. The fourth-order valence-corrected chi connectivity index (χ4v) is 10.2. The molecule has 9 heteroatoms. The zero-order valence-electron chi connectivity index (χ0n) is 47.1. The minimum Gasteiger partial charge on any atom is -0.387 e. The summed E-state index contributed by atoms with van der Waals surface area (Å²) in [6.07, 6.45) is 64.9. The number of aliphatic hydroxyl groups is 1. The molecule has 0 aliphatic rings. The molecular formula is C60H122N2O6P+. The molecule has 0 rings (SSSR count). The summed E-state index contributed by atoms with van der Waals surface area (Å²) in [6.45, 7) is 4.85. The van der Waals surface area contributed by atoms with E-state index < -0.39 is 20.0 Å². The smallest absolute Gasteiger partial charge is 0.387 e. The maximum Gasteiger partial charge on any atom is 0.472 e. The molecule has 0 fully saturated rings. The SMILES string of the molecule is CCCCCCCCCCCC/C=C/C(O)C(COP(=O)(O)OCC[N+](C)(C)C)NC(=O)CCCCCCCCCCCCCCCCCCCCCCCCCCCCCCCCCCCCC. The first-order valence-corrected chi connectivity index (χ1v) is 32.1. The Hall–Kier alpha value is -0.760. The van der Waals surface area contributed by atoms with Crippen molar-refractivity contribution in [1.82, 2.24) is 5.32 Å². The van der Waals surface area contributed by atoms with Gasteiger partial charge in [-0.25, -0.2) is 4.57 Å². The predicted octanol–water partition coefficient (Wildman–Crippen LogP) is 18.6. The number of nitrogens with one attached hydrogen (secondary N) is 1. The normalized spacial score (nSPS) is 13.9. The molecule has 0 spiro atoms. The summed E-state index contributed by atoms with van der Waals surface area (Å²) in [5, 5.41) is 13.9. The standard InChI is InChI=1S/C60H121N2O6P/c1-6-8-10-12-14-16-18-20-21-22-23-24-25-26-27-28-29-30-31-32-33-34-35-36-37-38-39-40-41-42-44-46-48-50-52-54-60(64)61-58(57-68-69(65,66)67-56-55-62(3,4)5)59(63)53-51-49-47-45-43-19-17-15-13-11-9-7-2/h51,53,58-59,63H,6-50,52,54-57H2,1-5H3,(H-,61,64,65,66)/p+1/b53-51+. The van der Waals surface area contributed by atoms with E-state index in [1.807, 2.05) is 27.2 Å². The Kier molecular flexibility index (Phi) is 51.5. The van der Waals surface area contributed by atoms with Crippen LogP contribution in [-0.4, -0.2) is 73.4 Å². The maximum absolute atomic E-state index is 13.0. The quantitative estimate of drug-likeness (QED) is 0.0243. The van der Waals surface area contributed by atoms with Crippen LogP contribution in [0.25, 0.3) is 0 Å². The summed E-state index contributed by atoms with van der Waals surface area (Å²) in [5.41, 5.74) is 0. The number of amides is 1. The molecule has 3 atom stereocenters. The Bertz CT molecular complexity index is 1130. The number of likely N-dealkylation sites (N-methyl/N-ethyl adjacent to an activating group) is 1. The minimum atomic E-state index is -4.34. The van der Waals surface area contributed by atoms with E-state index in [2.05, 4.69) is 19.2 Å². The summed E-state index contributed by atoms with van der Waals surface area (Å²) in [7, 11) is 1.59. The van der Waals surface area contributed by atoms with Crippen molar-refractivity contribution in [3.8, 4) is 0 Å². The molecule has 3 N–H and O–H groups in total.